The average Bonchev–Trinajstić information content (AvgIpc) is 2.83. The molecule has 0 heterocycles. The van der Waals surface area contributed by atoms with E-state index in [9.17, 15) is 22.8 Å². The van der Waals surface area contributed by atoms with E-state index in [2.05, 4.69) is 10.6 Å². The Labute approximate surface area is 201 Å². The van der Waals surface area contributed by atoms with Crippen LogP contribution in [0.5, 0.6) is 5.75 Å². The minimum atomic E-state index is -4.54. The lowest BCUT2D eigenvalue weighted by atomic mass is 10.1. The summed E-state index contributed by atoms with van der Waals surface area (Å²) in [7, 11) is 0. The first-order chi connectivity index (χ1) is 16.7. The highest BCUT2D eigenvalue weighted by Gasteiger charge is 2.31. The van der Waals surface area contributed by atoms with Crippen molar-refractivity contribution in [2.24, 2.45) is 0 Å². The summed E-state index contributed by atoms with van der Waals surface area (Å²) in [5.74, 6) is 0.217. The van der Waals surface area contributed by atoms with Gasteiger partial charge in [0.15, 0.2) is 6.61 Å². The maximum absolute atomic E-state index is 13.2. The van der Waals surface area contributed by atoms with Gasteiger partial charge in [0, 0.05) is 24.5 Å². The highest BCUT2D eigenvalue weighted by Crippen LogP contribution is 2.32. The first kappa shape index (κ1) is 25.6. The van der Waals surface area contributed by atoms with Gasteiger partial charge in [-0.1, -0.05) is 36.4 Å². The van der Waals surface area contributed by atoms with E-state index in [1.54, 1.807) is 42.5 Å². The van der Waals surface area contributed by atoms with Gasteiger partial charge in [-0.3, -0.25) is 9.69 Å². The Bertz CT molecular complexity index is 1140. The number of hydrogen-bond donors (Lipinski definition) is 2. The van der Waals surface area contributed by atoms with Crippen LogP contribution in [0.25, 0.3) is 0 Å². The van der Waals surface area contributed by atoms with Crippen molar-refractivity contribution in [3.63, 3.8) is 0 Å². The smallest absolute Gasteiger partial charge is 0.416 e. The summed E-state index contributed by atoms with van der Waals surface area (Å²) in [4.78, 5) is 26.3. The van der Waals surface area contributed by atoms with E-state index in [0.29, 0.717) is 17.9 Å². The van der Waals surface area contributed by atoms with Crippen LogP contribution in [0.15, 0.2) is 78.9 Å². The van der Waals surface area contributed by atoms with E-state index in [1.165, 1.54) is 17.0 Å². The molecule has 3 rings (SSSR count). The number of anilines is 2. The second-order valence-corrected chi connectivity index (χ2v) is 7.80. The molecule has 0 aliphatic carbocycles. The first-order valence-corrected chi connectivity index (χ1v) is 11.0. The van der Waals surface area contributed by atoms with Gasteiger partial charge in [-0.2, -0.15) is 13.2 Å². The molecule has 3 aromatic carbocycles. The average molecular weight is 486 g/mol. The van der Waals surface area contributed by atoms with Gasteiger partial charge in [0.2, 0.25) is 0 Å². The molecule has 0 saturated heterocycles. The van der Waals surface area contributed by atoms with Gasteiger partial charge in [0.25, 0.3) is 5.91 Å². The number of rotatable bonds is 9. The molecule has 0 unspecified atom stereocenters. The molecular formula is C26H26F3N3O3. The van der Waals surface area contributed by atoms with Gasteiger partial charge >= 0.3 is 12.2 Å². The molecule has 0 atom stereocenters. The number of ether oxygens (including phenoxy) is 1. The fourth-order valence-electron chi connectivity index (χ4n) is 3.29. The van der Waals surface area contributed by atoms with Crippen LogP contribution in [-0.2, 0) is 11.0 Å². The first-order valence-electron chi connectivity index (χ1n) is 11.0. The van der Waals surface area contributed by atoms with Crippen molar-refractivity contribution in [2.75, 3.05) is 29.9 Å². The number of amides is 3. The van der Waals surface area contributed by atoms with E-state index < -0.39 is 17.8 Å². The molecule has 3 amide bonds. The summed E-state index contributed by atoms with van der Waals surface area (Å²) >= 11 is 0. The summed E-state index contributed by atoms with van der Waals surface area (Å²) in [5.41, 5.74) is 0.700. The molecular weight excluding hydrogens is 459 g/mol. The summed E-state index contributed by atoms with van der Waals surface area (Å²) < 4.78 is 45.1. The van der Waals surface area contributed by atoms with Crippen LogP contribution in [0.2, 0.25) is 0 Å². The standard InChI is InChI=1S/C26H26F3N3O3/c1-19-8-5-10-21(16-19)31-25(34)32(22-11-6-9-20(17-22)26(27,28)29)15-7-14-30-24(33)18-35-23-12-3-2-4-13-23/h2-6,8-13,16-17H,7,14-15,18H2,1H3,(H,30,33)(H,31,34). The lowest BCUT2D eigenvalue weighted by molar-refractivity contribution is -0.137. The van der Waals surface area contributed by atoms with Crippen LogP contribution < -0.4 is 20.3 Å². The van der Waals surface area contributed by atoms with Crippen molar-refractivity contribution in [3.8, 4) is 5.75 Å². The summed E-state index contributed by atoms with van der Waals surface area (Å²) in [6.45, 7) is 1.99. The number of hydrogen-bond acceptors (Lipinski definition) is 3. The second kappa shape index (κ2) is 11.9. The minimum Gasteiger partial charge on any atom is -0.484 e. The summed E-state index contributed by atoms with van der Waals surface area (Å²) in [5, 5.41) is 5.42. The van der Waals surface area contributed by atoms with Crippen molar-refractivity contribution in [2.45, 2.75) is 19.5 Å². The normalized spacial score (nSPS) is 11.0. The van der Waals surface area contributed by atoms with Crippen molar-refractivity contribution in [3.05, 3.63) is 90.0 Å². The molecule has 0 aliphatic rings. The maximum Gasteiger partial charge on any atom is 0.416 e. The molecule has 0 aliphatic heterocycles. The van der Waals surface area contributed by atoms with Crippen LogP contribution in [-0.4, -0.2) is 31.6 Å². The quantitative estimate of drug-likeness (QED) is 0.386. The van der Waals surface area contributed by atoms with E-state index in [0.717, 1.165) is 17.7 Å². The topological polar surface area (TPSA) is 70.7 Å². The molecule has 184 valence electrons. The van der Waals surface area contributed by atoms with Gasteiger partial charge < -0.3 is 15.4 Å². The van der Waals surface area contributed by atoms with Crippen molar-refractivity contribution >= 4 is 23.3 Å². The maximum atomic E-state index is 13.2. The fourth-order valence-corrected chi connectivity index (χ4v) is 3.29. The Morgan fingerprint density at radius 3 is 2.40 bits per heavy atom. The Balaban J connectivity index is 1.63. The Morgan fingerprint density at radius 1 is 0.943 bits per heavy atom. The molecule has 0 bridgehead atoms. The predicted octanol–water partition coefficient (Wildman–Crippen LogP) is 5.64. The number of benzene rings is 3. The van der Waals surface area contributed by atoms with Crippen LogP contribution in [0.1, 0.15) is 17.5 Å². The lowest BCUT2D eigenvalue weighted by Gasteiger charge is -2.24. The minimum absolute atomic E-state index is 0.0821. The van der Waals surface area contributed by atoms with E-state index >= 15 is 0 Å². The van der Waals surface area contributed by atoms with E-state index in [1.807, 2.05) is 19.1 Å². The number of nitrogens with one attached hydrogen (secondary N) is 2. The zero-order chi connectivity index (χ0) is 25.3. The van der Waals surface area contributed by atoms with Crippen molar-refractivity contribution in [1.29, 1.82) is 0 Å². The fraction of sp³-hybridized carbons (Fsp3) is 0.231. The van der Waals surface area contributed by atoms with Crippen LogP contribution in [0, 0.1) is 6.92 Å². The van der Waals surface area contributed by atoms with Crippen LogP contribution >= 0.6 is 0 Å². The highest BCUT2D eigenvalue weighted by molar-refractivity contribution is 6.01. The molecule has 35 heavy (non-hydrogen) atoms. The zero-order valence-electron chi connectivity index (χ0n) is 19.1. The largest absolute Gasteiger partial charge is 0.484 e. The number of nitrogens with zero attached hydrogens (tertiary/aromatic N) is 1. The third-order valence-corrected chi connectivity index (χ3v) is 4.99. The van der Waals surface area contributed by atoms with Gasteiger partial charge in [0.05, 0.1) is 5.56 Å². The zero-order valence-corrected chi connectivity index (χ0v) is 19.1. The van der Waals surface area contributed by atoms with E-state index in [4.69, 9.17) is 4.74 Å². The molecule has 0 radical (unpaired) electrons. The third-order valence-electron chi connectivity index (χ3n) is 4.99. The van der Waals surface area contributed by atoms with E-state index in [-0.39, 0.29) is 31.3 Å². The highest BCUT2D eigenvalue weighted by atomic mass is 19.4. The number of para-hydroxylation sites is 1. The monoisotopic (exact) mass is 485 g/mol. The molecule has 0 spiro atoms. The second-order valence-electron chi connectivity index (χ2n) is 7.80. The number of halogens is 3. The van der Waals surface area contributed by atoms with Gasteiger partial charge in [-0.25, -0.2) is 4.79 Å². The molecule has 0 aromatic heterocycles. The number of carbonyl (C=O) groups excluding carboxylic acids is 2. The molecule has 6 nitrogen and oxygen atoms in total. The van der Waals surface area contributed by atoms with Crippen LogP contribution in [0.3, 0.4) is 0 Å². The van der Waals surface area contributed by atoms with Gasteiger partial charge in [0.1, 0.15) is 5.75 Å². The van der Waals surface area contributed by atoms with Crippen molar-refractivity contribution in [1.82, 2.24) is 5.32 Å². The number of alkyl halides is 3. The molecule has 2 N–H and O–H groups in total. The molecule has 0 fully saturated rings. The number of aryl methyl sites for hydroxylation is 1. The molecule has 9 heteroatoms. The van der Waals surface area contributed by atoms with Gasteiger partial charge in [-0.15, -0.1) is 0 Å². The SMILES string of the molecule is Cc1cccc(NC(=O)N(CCCNC(=O)COc2ccccc2)c2cccc(C(F)(F)F)c2)c1. The third kappa shape index (κ3) is 8.06. The predicted molar refractivity (Wildman–Crippen MR) is 129 cm³/mol. The van der Waals surface area contributed by atoms with Crippen LogP contribution in [0.4, 0.5) is 29.3 Å². The van der Waals surface area contributed by atoms with Crippen molar-refractivity contribution < 1.29 is 27.5 Å². The number of urea groups is 1. The Morgan fingerprint density at radius 2 is 1.69 bits per heavy atom. The molecule has 3 aromatic rings. The van der Waals surface area contributed by atoms with Gasteiger partial charge in [-0.05, 0) is 61.4 Å². The molecule has 0 saturated carbocycles. The lowest BCUT2D eigenvalue weighted by Crippen LogP contribution is -2.38. The Hall–Kier alpha value is -4.01. The summed E-state index contributed by atoms with van der Waals surface area (Å²) in [6.07, 6.45) is -4.23. The number of carbonyl (C=O) groups is 2. The summed E-state index contributed by atoms with van der Waals surface area (Å²) in [6, 6.07) is 20.0. The Kier molecular flexibility index (Phi) is 8.72.